The molecule has 0 unspecified atom stereocenters. The molecule has 0 aliphatic heterocycles. The largest absolute Gasteiger partial charge is 0.488 e. The second-order valence-corrected chi connectivity index (χ2v) is 10.9. The summed E-state index contributed by atoms with van der Waals surface area (Å²) in [5.74, 6) is 1.55. The first-order valence-corrected chi connectivity index (χ1v) is 13.5. The molecule has 8 heteroatoms. The third-order valence-electron chi connectivity index (χ3n) is 5.47. The van der Waals surface area contributed by atoms with Gasteiger partial charge in [-0.05, 0) is 88.7 Å². The number of fused-ring (bicyclic) bond motifs is 1. The second-order valence-electron chi connectivity index (χ2n) is 7.91. The van der Waals surface area contributed by atoms with Crippen LogP contribution in [0.25, 0.3) is 10.9 Å². The van der Waals surface area contributed by atoms with Crippen LogP contribution in [0.3, 0.4) is 0 Å². The SMILES string of the molecule is CC[C@@H](C)c1nc2ccc(Br)cc2c(=O)n1N=Cc1ccc(OCc2ccc(Br)cc2)c(I)c1. The lowest BCUT2D eigenvalue weighted by Gasteiger charge is -2.14. The molecule has 0 amide bonds. The molecule has 174 valence electrons. The summed E-state index contributed by atoms with van der Waals surface area (Å²) in [6, 6.07) is 19.4. The summed E-state index contributed by atoms with van der Waals surface area (Å²) in [6.45, 7) is 4.62. The Kier molecular flexibility index (Phi) is 8.21. The van der Waals surface area contributed by atoms with Gasteiger partial charge in [0.25, 0.3) is 5.56 Å². The first kappa shape index (κ1) is 25.1. The molecule has 0 fully saturated rings. The predicted octanol–water partition coefficient (Wildman–Crippen LogP) is 7.50. The summed E-state index contributed by atoms with van der Waals surface area (Å²) in [7, 11) is 0. The Morgan fingerprint density at radius 2 is 1.82 bits per heavy atom. The molecule has 1 aromatic heterocycles. The van der Waals surface area contributed by atoms with Crippen LogP contribution in [0.5, 0.6) is 5.75 Å². The summed E-state index contributed by atoms with van der Waals surface area (Å²) >= 11 is 9.14. The number of nitrogens with zero attached hydrogens (tertiary/aromatic N) is 3. The molecule has 0 radical (unpaired) electrons. The minimum atomic E-state index is -0.179. The van der Waals surface area contributed by atoms with Crippen molar-refractivity contribution in [3.8, 4) is 5.75 Å². The van der Waals surface area contributed by atoms with Crippen molar-refractivity contribution in [1.82, 2.24) is 9.66 Å². The highest BCUT2D eigenvalue weighted by Gasteiger charge is 2.15. The highest BCUT2D eigenvalue weighted by atomic mass is 127. The van der Waals surface area contributed by atoms with Gasteiger partial charge in [-0.1, -0.05) is 57.8 Å². The van der Waals surface area contributed by atoms with Crippen molar-refractivity contribution >= 4 is 71.6 Å². The summed E-state index contributed by atoms with van der Waals surface area (Å²) in [4.78, 5) is 18.0. The number of ether oxygens (including phenoxy) is 1. The minimum Gasteiger partial charge on any atom is -0.488 e. The van der Waals surface area contributed by atoms with E-state index in [1.807, 2.05) is 54.6 Å². The molecule has 0 saturated heterocycles. The van der Waals surface area contributed by atoms with E-state index in [4.69, 9.17) is 9.72 Å². The summed E-state index contributed by atoms with van der Waals surface area (Å²) < 4.78 is 10.3. The Balaban J connectivity index is 1.62. The summed E-state index contributed by atoms with van der Waals surface area (Å²) in [5, 5.41) is 5.08. The number of benzene rings is 3. The van der Waals surface area contributed by atoms with E-state index in [9.17, 15) is 4.79 Å². The van der Waals surface area contributed by atoms with Crippen molar-refractivity contribution in [2.75, 3.05) is 0 Å². The van der Waals surface area contributed by atoms with Gasteiger partial charge in [0.2, 0.25) is 0 Å². The number of hydrogen-bond acceptors (Lipinski definition) is 4. The quantitative estimate of drug-likeness (QED) is 0.149. The van der Waals surface area contributed by atoms with E-state index in [2.05, 4.69) is 73.4 Å². The van der Waals surface area contributed by atoms with Crippen molar-refractivity contribution in [3.05, 3.63) is 100 Å². The Hall–Kier alpha value is -2.04. The van der Waals surface area contributed by atoms with Crippen LogP contribution in [0.15, 0.2) is 79.5 Å². The molecule has 0 bridgehead atoms. The number of aromatic nitrogens is 2. The van der Waals surface area contributed by atoms with Gasteiger partial charge < -0.3 is 4.74 Å². The highest BCUT2D eigenvalue weighted by Crippen LogP contribution is 2.24. The smallest absolute Gasteiger partial charge is 0.282 e. The number of halogens is 3. The van der Waals surface area contributed by atoms with Crippen molar-refractivity contribution in [2.24, 2.45) is 5.10 Å². The van der Waals surface area contributed by atoms with E-state index in [-0.39, 0.29) is 11.5 Å². The fourth-order valence-electron chi connectivity index (χ4n) is 3.36. The topological polar surface area (TPSA) is 56.5 Å². The fourth-order valence-corrected chi connectivity index (χ4v) is 4.68. The van der Waals surface area contributed by atoms with Gasteiger partial charge in [-0.15, -0.1) is 0 Å². The Morgan fingerprint density at radius 1 is 1.09 bits per heavy atom. The van der Waals surface area contributed by atoms with E-state index >= 15 is 0 Å². The van der Waals surface area contributed by atoms with E-state index in [1.165, 1.54) is 4.68 Å². The van der Waals surface area contributed by atoms with Gasteiger partial charge in [-0.25, -0.2) is 4.98 Å². The van der Waals surface area contributed by atoms with Gasteiger partial charge >= 0.3 is 0 Å². The maximum absolute atomic E-state index is 13.3. The number of rotatable bonds is 7. The molecule has 5 nitrogen and oxygen atoms in total. The maximum atomic E-state index is 13.3. The number of hydrogen-bond donors (Lipinski definition) is 0. The van der Waals surface area contributed by atoms with Gasteiger partial charge in [0.1, 0.15) is 18.2 Å². The normalized spacial score (nSPS) is 12.4. The van der Waals surface area contributed by atoms with Crippen LogP contribution in [-0.2, 0) is 6.61 Å². The second kappa shape index (κ2) is 11.1. The van der Waals surface area contributed by atoms with Crippen LogP contribution >= 0.6 is 54.5 Å². The van der Waals surface area contributed by atoms with E-state index in [0.29, 0.717) is 23.3 Å². The summed E-state index contributed by atoms with van der Waals surface area (Å²) in [6.07, 6.45) is 2.55. The van der Waals surface area contributed by atoms with Crippen LogP contribution in [-0.4, -0.2) is 15.9 Å². The highest BCUT2D eigenvalue weighted by molar-refractivity contribution is 14.1. The van der Waals surface area contributed by atoms with Crippen molar-refractivity contribution in [3.63, 3.8) is 0 Å². The molecule has 0 N–H and O–H groups in total. The lowest BCUT2D eigenvalue weighted by molar-refractivity contribution is 0.304. The van der Waals surface area contributed by atoms with Crippen LogP contribution in [0.1, 0.15) is 43.1 Å². The van der Waals surface area contributed by atoms with Crippen LogP contribution in [0.4, 0.5) is 0 Å². The standard InChI is InChI=1S/C26H22Br2IN3O2/c1-3-16(2)25-31-23-10-9-20(28)13-21(23)26(33)32(25)30-14-18-6-11-24(22(29)12-18)34-15-17-4-7-19(27)8-5-17/h4-14,16H,3,15H2,1-2H3/t16-/m1/s1. The maximum Gasteiger partial charge on any atom is 0.282 e. The zero-order valence-corrected chi connectivity index (χ0v) is 24.0. The van der Waals surface area contributed by atoms with Crippen LogP contribution in [0, 0.1) is 3.57 Å². The van der Waals surface area contributed by atoms with E-state index in [0.717, 1.165) is 35.8 Å². The molecule has 34 heavy (non-hydrogen) atoms. The van der Waals surface area contributed by atoms with Gasteiger partial charge in [0.15, 0.2) is 0 Å². The zero-order chi connectivity index (χ0) is 24.2. The molecule has 0 saturated carbocycles. The van der Waals surface area contributed by atoms with Gasteiger partial charge in [0.05, 0.1) is 20.7 Å². The van der Waals surface area contributed by atoms with Crippen molar-refractivity contribution in [1.29, 1.82) is 0 Å². The monoisotopic (exact) mass is 693 g/mol. The Bertz CT molecular complexity index is 1420. The van der Waals surface area contributed by atoms with Gasteiger partial charge in [-0.3, -0.25) is 4.79 Å². The molecule has 3 aromatic carbocycles. The predicted molar refractivity (Wildman–Crippen MR) is 153 cm³/mol. The third-order valence-corrected chi connectivity index (χ3v) is 7.34. The molecule has 0 aliphatic carbocycles. The van der Waals surface area contributed by atoms with Crippen LogP contribution < -0.4 is 10.3 Å². The first-order chi connectivity index (χ1) is 16.4. The van der Waals surface area contributed by atoms with Gasteiger partial charge in [-0.2, -0.15) is 9.78 Å². The lowest BCUT2D eigenvalue weighted by Crippen LogP contribution is -2.23. The first-order valence-electron chi connectivity index (χ1n) is 10.8. The molecule has 4 rings (SSSR count). The molecule has 1 atom stereocenters. The van der Waals surface area contributed by atoms with E-state index in [1.54, 1.807) is 12.3 Å². The average molecular weight is 695 g/mol. The molecular formula is C26H22Br2IN3O2. The van der Waals surface area contributed by atoms with Crippen molar-refractivity contribution < 1.29 is 4.74 Å². The molecule has 4 aromatic rings. The zero-order valence-electron chi connectivity index (χ0n) is 18.6. The molecule has 1 heterocycles. The molecular weight excluding hydrogens is 673 g/mol. The molecule has 0 spiro atoms. The molecule has 0 aliphatic rings. The van der Waals surface area contributed by atoms with Gasteiger partial charge in [0, 0.05) is 14.9 Å². The Morgan fingerprint density at radius 3 is 2.53 bits per heavy atom. The van der Waals surface area contributed by atoms with Crippen molar-refractivity contribution in [2.45, 2.75) is 32.8 Å². The minimum absolute atomic E-state index is 0.0902. The third kappa shape index (κ3) is 5.78. The average Bonchev–Trinajstić information content (AvgIpc) is 2.83. The van der Waals surface area contributed by atoms with E-state index < -0.39 is 0 Å². The lowest BCUT2D eigenvalue weighted by atomic mass is 10.1. The summed E-state index contributed by atoms with van der Waals surface area (Å²) in [5.41, 5.74) is 2.47. The fraction of sp³-hybridized carbons (Fsp3) is 0.192. The Labute approximate surface area is 228 Å². The van der Waals surface area contributed by atoms with Crippen LogP contribution in [0.2, 0.25) is 0 Å².